The molecule has 0 amide bonds. The minimum absolute atomic E-state index is 0.0751. The van der Waals surface area contributed by atoms with Crippen molar-refractivity contribution in [2.45, 2.75) is 44.3 Å². The Bertz CT molecular complexity index is 430. The maximum absolute atomic E-state index is 13.3. The van der Waals surface area contributed by atoms with Crippen LogP contribution in [0.15, 0.2) is 18.2 Å². The molecule has 20 heavy (non-hydrogen) atoms. The molecule has 110 valence electrons. The van der Waals surface area contributed by atoms with Gasteiger partial charge in [0.25, 0.3) is 0 Å². The van der Waals surface area contributed by atoms with Gasteiger partial charge in [-0.2, -0.15) is 0 Å². The summed E-state index contributed by atoms with van der Waals surface area (Å²) < 4.78 is 37.8. The molecule has 1 saturated carbocycles. The Balaban J connectivity index is 1.60. The van der Waals surface area contributed by atoms with Gasteiger partial charge in [0.1, 0.15) is 11.6 Å². The first-order valence-electron chi connectivity index (χ1n) is 7.41. The molecule has 1 aromatic carbocycles. The van der Waals surface area contributed by atoms with Crippen LogP contribution in [0.5, 0.6) is 0 Å². The fourth-order valence-electron chi connectivity index (χ4n) is 3.31. The van der Waals surface area contributed by atoms with Crippen molar-refractivity contribution in [2.75, 3.05) is 13.2 Å². The van der Waals surface area contributed by atoms with Crippen molar-refractivity contribution in [3.05, 3.63) is 35.4 Å². The fourth-order valence-corrected chi connectivity index (χ4v) is 3.31. The average molecular weight is 282 g/mol. The predicted molar refractivity (Wildman–Crippen MR) is 71.4 cm³/mol. The molecular formula is C16H20F2O2. The zero-order valence-corrected chi connectivity index (χ0v) is 11.5. The highest BCUT2D eigenvalue weighted by atomic mass is 19.1. The van der Waals surface area contributed by atoms with E-state index in [2.05, 4.69) is 0 Å². The SMILES string of the molecule is Fc1cc(F)cc(C2CCC(C3OCCCO3)CC2)c1. The van der Waals surface area contributed by atoms with Crippen LogP contribution in [0, 0.1) is 17.6 Å². The van der Waals surface area contributed by atoms with Crippen LogP contribution in [0.1, 0.15) is 43.6 Å². The third kappa shape index (κ3) is 3.18. The van der Waals surface area contributed by atoms with Crippen molar-refractivity contribution in [1.82, 2.24) is 0 Å². The lowest BCUT2D eigenvalue weighted by atomic mass is 9.78. The standard InChI is InChI=1S/C16H20F2O2/c17-14-8-13(9-15(18)10-14)11-2-4-12(5-3-11)16-19-6-1-7-20-16/h8-12,16H,1-7H2. The number of ether oxygens (including phenoxy) is 2. The van der Waals surface area contributed by atoms with E-state index in [9.17, 15) is 8.78 Å². The highest BCUT2D eigenvalue weighted by Gasteiger charge is 2.30. The number of benzene rings is 1. The van der Waals surface area contributed by atoms with Crippen LogP contribution in [0.3, 0.4) is 0 Å². The van der Waals surface area contributed by atoms with Gasteiger partial charge in [-0.15, -0.1) is 0 Å². The van der Waals surface area contributed by atoms with Gasteiger partial charge in [-0.3, -0.25) is 0 Å². The first-order chi connectivity index (χ1) is 9.72. The first kappa shape index (κ1) is 14.0. The van der Waals surface area contributed by atoms with E-state index in [1.165, 1.54) is 12.1 Å². The van der Waals surface area contributed by atoms with Gasteiger partial charge >= 0.3 is 0 Å². The second-order valence-corrected chi connectivity index (χ2v) is 5.78. The summed E-state index contributed by atoms with van der Waals surface area (Å²) in [5.41, 5.74) is 0.784. The number of hydrogen-bond acceptors (Lipinski definition) is 2. The summed E-state index contributed by atoms with van der Waals surface area (Å²) in [6.07, 6.45) is 4.76. The first-order valence-corrected chi connectivity index (χ1v) is 7.41. The molecule has 3 rings (SSSR count). The lowest BCUT2D eigenvalue weighted by Gasteiger charge is -2.35. The molecule has 2 aliphatic rings. The van der Waals surface area contributed by atoms with Crippen LogP contribution in [-0.4, -0.2) is 19.5 Å². The second-order valence-electron chi connectivity index (χ2n) is 5.78. The van der Waals surface area contributed by atoms with Gasteiger partial charge < -0.3 is 9.47 Å². The van der Waals surface area contributed by atoms with Crippen molar-refractivity contribution in [3.63, 3.8) is 0 Å². The van der Waals surface area contributed by atoms with Crippen LogP contribution in [-0.2, 0) is 9.47 Å². The topological polar surface area (TPSA) is 18.5 Å². The Labute approximate surface area is 118 Å². The Kier molecular flexibility index (Phi) is 4.32. The molecule has 1 aliphatic heterocycles. The fraction of sp³-hybridized carbons (Fsp3) is 0.625. The minimum Gasteiger partial charge on any atom is -0.352 e. The molecule has 1 heterocycles. The van der Waals surface area contributed by atoms with Crippen molar-refractivity contribution in [1.29, 1.82) is 0 Å². The van der Waals surface area contributed by atoms with Gasteiger partial charge in [0.15, 0.2) is 6.29 Å². The van der Waals surface area contributed by atoms with E-state index < -0.39 is 11.6 Å². The normalized spacial score (nSPS) is 28.5. The van der Waals surface area contributed by atoms with Crippen LogP contribution in [0.25, 0.3) is 0 Å². The molecule has 0 bridgehead atoms. The van der Waals surface area contributed by atoms with Crippen molar-refractivity contribution in [2.24, 2.45) is 5.92 Å². The molecule has 4 heteroatoms. The smallest absolute Gasteiger partial charge is 0.160 e. The van der Waals surface area contributed by atoms with Crippen LogP contribution < -0.4 is 0 Å². The summed E-state index contributed by atoms with van der Waals surface area (Å²) in [5.74, 6) is -0.299. The van der Waals surface area contributed by atoms with E-state index in [0.29, 0.717) is 5.92 Å². The van der Waals surface area contributed by atoms with E-state index in [-0.39, 0.29) is 12.2 Å². The van der Waals surface area contributed by atoms with E-state index in [4.69, 9.17) is 9.47 Å². The Morgan fingerprint density at radius 2 is 1.45 bits per heavy atom. The molecule has 2 nitrogen and oxygen atoms in total. The third-order valence-corrected chi connectivity index (χ3v) is 4.37. The number of rotatable bonds is 2. The van der Waals surface area contributed by atoms with Gasteiger partial charge in [0.05, 0.1) is 13.2 Å². The largest absolute Gasteiger partial charge is 0.352 e. The second kappa shape index (κ2) is 6.19. The highest BCUT2D eigenvalue weighted by molar-refractivity contribution is 5.22. The van der Waals surface area contributed by atoms with Gasteiger partial charge in [-0.25, -0.2) is 8.78 Å². The quantitative estimate of drug-likeness (QED) is 0.816. The molecule has 0 unspecified atom stereocenters. The van der Waals surface area contributed by atoms with E-state index in [1.54, 1.807) is 0 Å². The summed E-state index contributed by atoms with van der Waals surface area (Å²) >= 11 is 0. The molecule has 0 atom stereocenters. The highest BCUT2D eigenvalue weighted by Crippen LogP contribution is 2.38. The molecule has 0 aromatic heterocycles. The zero-order chi connectivity index (χ0) is 13.9. The molecule has 1 aliphatic carbocycles. The van der Waals surface area contributed by atoms with Gasteiger partial charge in [-0.05, 0) is 55.7 Å². The molecule has 2 fully saturated rings. The van der Waals surface area contributed by atoms with Crippen molar-refractivity contribution < 1.29 is 18.3 Å². The van der Waals surface area contributed by atoms with E-state index in [0.717, 1.165) is 56.9 Å². The molecule has 0 N–H and O–H groups in total. The van der Waals surface area contributed by atoms with Gasteiger partial charge in [0.2, 0.25) is 0 Å². The van der Waals surface area contributed by atoms with Crippen LogP contribution in [0.2, 0.25) is 0 Å². The Morgan fingerprint density at radius 3 is 2.05 bits per heavy atom. The number of hydrogen-bond donors (Lipinski definition) is 0. The molecule has 0 spiro atoms. The lowest BCUT2D eigenvalue weighted by molar-refractivity contribution is -0.209. The monoisotopic (exact) mass is 282 g/mol. The van der Waals surface area contributed by atoms with Crippen molar-refractivity contribution in [3.8, 4) is 0 Å². The summed E-state index contributed by atoms with van der Waals surface area (Å²) in [7, 11) is 0. The van der Waals surface area contributed by atoms with Gasteiger partial charge in [-0.1, -0.05) is 0 Å². The molecule has 0 radical (unpaired) electrons. The predicted octanol–water partition coefficient (Wildman–Crippen LogP) is 4.00. The maximum atomic E-state index is 13.3. The summed E-state index contributed by atoms with van der Waals surface area (Å²) in [6.45, 7) is 1.55. The minimum atomic E-state index is -0.485. The Hall–Kier alpha value is -1.00. The maximum Gasteiger partial charge on any atom is 0.160 e. The molecular weight excluding hydrogens is 262 g/mol. The molecule has 1 saturated heterocycles. The van der Waals surface area contributed by atoms with Crippen LogP contribution >= 0.6 is 0 Å². The average Bonchev–Trinajstić information content (AvgIpc) is 2.47. The third-order valence-electron chi connectivity index (χ3n) is 4.37. The van der Waals surface area contributed by atoms with Crippen LogP contribution in [0.4, 0.5) is 8.78 Å². The Morgan fingerprint density at radius 1 is 0.850 bits per heavy atom. The van der Waals surface area contributed by atoms with Gasteiger partial charge in [0, 0.05) is 12.0 Å². The summed E-state index contributed by atoms with van der Waals surface area (Å²) in [4.78, 5) is 0. The van der Waals surface area contributed by atoms with Crippen molar-refractivity contribution >= 4 is 0 Å². The van der Waals surface area contributed by atoms with E-state index in [1.807, 2.05) is 0 Å². The molecule has 1 aromatic rings. The number of halogens is 2. The zero-order valence-electron chi connectivity index (χ0n) is 11.5. The lowest BCUT2D eigenvalue weighted by Crippen LogP contribution is -2.34. The summed E-state index contributed by atoms with van der Waals surface area (Å²) in [5, 5.41) is 0. The van der Waals surface area contributed by atoms with E-state index >= 15 is 0 Å². The summed E-state index contributed by atoms with van der Waals surface area (Å²) in [6, 6.07) is 3.85.